The van der Waals surface area contributed by atoms with E-state index in [1.165, 1.54) is 11.1 Å². The summed E-state index contributed by atoms with van der Waals surface area (Å²) in [7, 11) is 0. The summed E-state index contributed by atoms with van der Waals surface area (Å²) in [5.74, 6) is 1.01. The minimum absolute atomic E-state index is 0.383. The molecular formula is C18H22ClNS. The van der Waals surface area contributed by atoms with Crippen molar-refractivity contribution in [2.75, 3.05) is 6.54 Å². The molecule has 0 aliphatic rings. The number of hydrogen-bond acceptors (Lipinski definition) is 2. The first kappa shape index (κ1) is 16.4. The van der Waals surface area contributed by atoms with Crippen LogP contribution < -0.4 is 5.32 Å². The number of thioether (sulfide) groups is 1. The van der Waals surface area contributed by atoms with E-state index < -0.39 is 0 Å². The third-order valence-corrected chi connectivity index (χ3v) is 5.03. The van der Waals surface area contributed by atoms with Gasteiger partial charge in [-0.15, -0.1) is 0 Å². The van der Waals surface area contributed by atoms with Crippen LogP contribution in [0.25, 0.3) is 0 Å². The number of hydrogen-bond donors (Lipinski definition) is 1. The molecule has 0 spiro atoms. The first-order chi connectivity index (χ1) is 10.2. The summed E-state index contributed by atoms with van der Waals surface area (Å²) in [5.41, 5.74) is 2.68. The summed E-state index contributed by atoms with van der Waals surface area (Å²) < 4.78 is 0. The van der Waals surface area contributed by atoms with Gasteiger partial charge in [0.2, 0.25) is 0 Å². The normalized spacial score (nSPS) is 13.9. The Kier molecular flexibility index (Phi) is 6.62. The van der Waals surface area contributed by atoms with Crippen LogP contribution in [-0.2, 0) is 5.75 Å². The van der Waals surface area contributed by atoms with Crippen LogP contribution in [0.3, 0.4) is 0 Å². The smallest absolute Gasteiger partial charge is 0.0437 e. The van der Waals surface area contributed by atoms with Crippen molar-refractivity contribution in [3.8, 4) is 0 Å². The zero-order chi connectivity index (χ0) is 15.1. The lowest BCUT2D eigenvalue weighted by molar-refractivity contribution is 0.548. The quantitative estimate of drug-likeness (QED) is 0.742. The Labute approximate surface area is 137 Å². The Hall–Kier alpha value is -0.960. The molecule has 0 aliphatic heterocycles. The van der Waals surface area contributed by atoms with Gasteiger partial charge >= 0.3 is 0 Å². The highest BCUT2D eigenvalue weighted by Crippen LogP contribution is 2.29. The molecule has 2 rings (SSSR count). The van der Waals surface area contributed by atoms with Crippen LogP contribution in [0.2, 0.25) is 5.02 Å². The molecule has 1 nitrogen and oxygen atoms in total. The van der Waals surface area contributed by atoms with Crippen LogP contribution in [0, 0.1) is 0 Å². The fraction of sp³-hybridized carbons (Fsp3) is 0.333. The second-order valence-corrected chi connectivity index (χ2v) is 6.89. The van der Waals surface area contributed by atoms with Gasteiger partial charge in [0.05, 0.1) is 0 Å². The van der Waals surface area contributed by atoms with Crippen LogP contribution in [0.4, 0.5) is 0 Å². The van der Waals surface area contributed by atoms with Gasteiger partial charge in [-0.05, 0) is 29.8 Å². The molecule has 0 saturated heterocycles. The van der Waals surface area contributed by atoms with Crippen molar-refractivity contribution in [3.63, 3.8) is 0 Å². The highest BCUT2D eigenvalue weighted by molar-refractivity contribution is 7.99. The van der Waals surface area contributed by atoms with Crippen LogP contribution in [-0.4, -0.2) is 11.8 Å². The molecule has 0 aliphatic carbocycles. The van der Waals surface area contributed by atoms with Crippen LogP contribution in [0.5, 0.6) is 0 Å². The SMILES string of the molecule is CCNC(c1ccccc1)C(C)SCc1ccc(Cl)cc1. The minimum atomic E-state index is 0.383. The Morgan fingerprint density at radius 2 is 1.71 bits per heavy atom. The molecule has 3 heteroatoms. The first-order valence-electron chi connectivity index (χ1n) is 7.35. The zero-order valence-electron chi connectivity index (χ0n) is 12.6. The molecule has 0 amide bonds. The molecule has 2 aromatic rings. The van der Waals surface area contributed by atoms with Gasteiger partial charge in [-0.1, -0.05) is 67.9 Å². The average molecular weight is 320 g/mol. The third kappa shape index (κ3) is 5.06. The predicted molar refractivity (Wildman–Crippen MR) is 95.1 cm³/mol. The van der Waals surface area contributed by atoms with E-state index >= 15 is 0 Å². The Morgan fingerprint density at radius 3 is 2.33 bits per heavy atom. The lowest BCUT2D eigenvalue weighted by Crippen LogP contribution is -2.28. The van der Waals surface area contributed by atoms with Gasteiger partial charge in [-0.3, -0.25) is 0 Å². The zero-order valence-corrected chi connectivity index (χ0v) is 14.1. The Balaban J connectivity index is 1.98. The van der Waals surface area contributed by atoms with E-state index in [2.05, 4.69) is 61.6 Å². The van der Waals surface area contributed by atoms with Crippen LogP contribution in [0.15, 0.2) is 54.6 Å². The minimum Gasteiger partial charge on any atom is -0.309 e. The van der Waals surface area contributed by atoms with Gasteiger partial charge in [0.15, 0.2) is 0 Å². The Bertz CT molecular complexity index is 527. The van der Waals surface area contributed by atoms with Gasteiger partial charge in [0, 0.05) is 22.1 Å². The predicted octanol–water partition coefficient (Wildman–Crippen LogP) is 5.31. The molecule has 1 N–H and O–H groups in total. The molecule has 0 heterocycles. The van der Waals surface area contributed by atoms with E-state index in [0.717, 1.165) is 17.3 Å². The van der Waals surface area contributed by atoms with E-state index in [1.54, 1.807) is 0 Å². The molecule has 0 saturated carbocycles. The lowest BCUT2D eigenvalue weighted by atomic mass is 10.0. The van der Waals surface area contributed by atoms with Crippen molar-refractivity contribution in [3.05, 3.63) is 70.7 Å². The van der Waals surface area contributed by atoms with Crippen molar-refractivity contribution in [1.82, 2.24) is 5.32 Å². The van der Waals surface area contributed by atoms with Crippen molar-refractivity contribution in [2.24, 2.45) is 0 Å². The molecule has 0 radical (unpaired) electrons. The van der Waals surface area contributed by atoms with E-state index in [-0.39, 0.29) is 0 Å². The van der Waals surface area contributed by atoms with Crippen molar-refractivity contribution in [2.45, 2.75) is 30.9 Å². The van der Waals surface area contributed by atoms with Gasteiger partial charge in [0.25, 0.3) is 0 Å². The molecule has 2 aromatic carbocycles. The summed E-state index contributed by atoms with van der Waals surface area (Å²) in [6, 6.07) is 19.2. The van der Waals surface area contributed by atoms with Gasteiger partial charge in [-0.2, -0.15) is 11.8 Å². The van der Waals surface area contributed by atoms with Crippen molar-refractivity contribution in [1.29, 1.82) is 0 Å². The lowest BCUT2D eigenvalue weighted by Gasteiger charge is -2.25. The molecule has 21 heavy (non-hydrogen) atoms. The molecule has 2 atom stereocenters. The maximum absolute atomic E-state index is 5.93. The number of rotatable bonds is 7. The van der Waals surface area contributed by atoms with E-state index in [0.29, 0.717) is 11.3 Å². The standard InChI is InChI=1S/C18H22ClNS/c1-3-20-18(16-7-5-4-6-8-16)14(2)21-13-15-9-11-17(19)12-10-15/h4-12,14,18,20H,3,13H2,1-2H3. The van der Waals surface area contributed by atoms with Crippen molar-refractivity contribution >= 4 is 23.4 Å². The highest BCUT2D eigenvalue weighted by Gasteiger charge is 2.18. The summed E-state index contributed by atoms with van der Waals surface area (Å²) in [5, 5.41) is 4.90. The van der Waals surface area contributed by atoms with Gasteiger partial charge in [-0.25, -0.2) is 0 Å². The second kappa shape index (κ2) is 8.47. The summed E-state index contributed by atoms with van der Waals surface area (Å²) in [6.45, 7) is 5.43. The topological polar surface area (TPSA) is 12.0 Å². The largest absolute Gasteiger partial charge is 0.309 e. The van der Waals surface area contributed by atoms with E-state index in [1.807, 2.05) is 23.9 Å². The van der Waals surface area contributed by atoms with E-state index in [4.69, 9.17) is 11.6 Å². The summed E-state index contributed by atoms with van der Waals surface area (Å²) in [6.07, 6.45) is 0. The van der Waals surface area contributed by atoms with Crippen LogP contribution in [0.1, 0.15) is 31.0 Å². The highest BCUT2D eigenvalue weighted by atomic mass is 35.5. The number of nitrogens with one attached hydrogen (secondary N) is 1. The molecule has 0 bridgehead atoms. The van der Waals surface area contributed by atoms with Gasteiger partial charge in [0.1, 0.15) is 0 Å². The van der Waals surface area contributed by atoms with Crippen LogP contribution >= 0.6 is 23.4 Å². The third-order valence-electron chi connectivity index (χ3n) is 3.48. The Morgan fingerprint density at radius 1 is 1.05 bits per heavy atom. The molecule has 112 valence electrons. The monoisotopic (exact) mass is 319 g/mol. The maximum Gasteiger partial charge on any atom is 0.0437 e. The molecule has 0 fully saturated rings. The van der Waals surface area contributed by atoms with Gasteiger partial charge < -0.3 is 5.32 Å². The molecule has 0 aromatic heterocycles. The van der Waals surface area contributed by atoms with E-state index in [9.17, 15) is 0 Å². The first-order valence-corrected chi connectivity index (χ1v) is 8.77. The fourth-order valence-corrected chi connectivity index (χ4v) is 3.56. The fourth-order valence-electron chi connectivity index (χ4n) is 2.34. The molecular weight excluding hydrogens is 298 g/mol. The molecule has 2 unspecified atom stereocenters. The number of benzene rings is 2. The summed E-state index contributed by atoms with van der Waals surface area (Å²) in [4.78, 5) is 0. The average Bonchev–Trinajstić information content (AvgIpc) is 2.52. The number of halogens is 1. The second-order valence-electron chi connectivity index (χ2n) is 5.09. The summed E-state index contributed by atoms with van der Waals surface area (Å²) >= 11 is 7.90. The van der Waals surface area contributed by atoms with Crippen molar-refractivity contribution < 1.29 is 0 Å². The maximum atomic E-state index is 5.93.